The van der Waals surface area contributed by atoms with Crippen molar-refractivity contribution in [1.82, 2.24) is 10.2 Å². The number of carbonyl (C=O) groups is 2. The van der Waals surface area contributed by atoms with E-state index < -0.39 is 0 Å². The van der Waals surface area contributed by atoms with E-state index in [1.165, 1.54) is 45.6 Å². The van der Waals surface area contributed by atoms with Crippen molar-refractivity contribution < 1.29 is 14.3 Å². The van der Waals surface area contributed by atoms with E-state index in [-0.39, 0.29) is 23.8 Å². The summed E-state index contributed by atoms with van der Waals surface area (Å²) in [6, 6.07) is 4.11. The number of amides is 2. The van der Waals surface area contributed by atoms with Crippen LogP contribution in [-0.2, 0) is 4.79 Å². The molecule has 0 unspecified atom stereocenters. The number of methoxy groups -OCH3 is 1. The van der Waals surface area contributed by atoms with Gasteiger partial charge >= 0.3 is 0 Å². The Labute approximate surface area is 195 Å². The number of carbonyl (C=O) groups excluding carboxylic acids is 2. The number of nitrogens with one attached hydrogen (secondary N) is 2. The molecule has 32 heavy (non-hydrogen) atoms. The number of nitrogens with zero attached hydrogens (tertiary/aromatic N) is 1. The molecular formula is C25H34ClN3O3. The highest BCUT2D eigenvalue weighted by Crippen LogP contribution is 2.43. The van der Waals surface area contributed by atoms with Crippen LogP contribution in [0.2, 0.25) is 5.02 Å². The van der Waals surface area contributed by atoms with Gasteiger partial charge in [0.1, 0.15) is 5.75 Å². The average Bonchev–Trinajstić information content (AvgIpc) is 3.53. The van der Waals surface area contributed by atoms with Crippen molar-refractivity contribution >= 4 is 29.1 Å². The highest BCUT2D eigenvalue weighted by Gasteiger charge is 2.42. The fraction of sp³-hybridized carbons (Fsp3) is 0.680. The van der Waals surface area contributed by atoms with E-state index in [4.69, 9.17) is 16.3 Å². The van der Waals surface area contributed by atoms with Crippen molar-refractivity contribution in [3.05, 3.63) is 22.7 Å². The first-order valence-electron chi connectivity index (χ1n) is 12.3. The van der Waals surface area contributed by atoms with Crippen LogP contribution in [0.5, 0.6) is 5.75 Å². The van der Waals surface area contributed by atoms with Crippen LogP contribution in [0.4, 0.5) is 5.69 Å². The predicted octanol–water partition coefficient (Wildman–Crippen LogP) is 4.47. The van der Waals surface area contributed by atoms with Gasteiger partial charge in [-0.25, -0.2) is 0 Å². The number of fused-ring (bicyclic) bond motifs is 2. The second kappa shape index (κ2) is 9.22. The summed E-state index contributed by atoms with van der Waals surface area (Å²) in [7, 11) is 1.53. The van der Waals surface area contributed by atoms with Crippen molar-refractivity contribution in [2.75, 3.05) is 25.5 Å². The van der Waals surface area contributed by atoms with Gasteiger partial charge in [-0.15, -0.1) is 0 Å². The number of anilines is 1. The van der Waals surface area contributed by atoms with Crippen molar-refractivity contribution in [1.29, 1.82) is 0 Å². The van der Waals surface area contributed by atoms with Crippen LogP contribution in [0.25, 0.3) is 0 Å². The molecule has 2 bridgehead atoms. The lowest BCUT2D eigenvalue weighted by atomic mass is 9.68. The number of ether oxygens (including phenoxy) is 1. The van der Waals surface area contributed by atoms with Gasteiger partial charge in [-0.3, -0.25) is 14.5 Å². The van der Waals surface area contributed by atoms with E-state index in [0.29, 0.717) is 28.1 Å². The maximum atomic E-state index is 13.1. The fourth-order valence-corrected chi connectivity index (χ4v) is 6.46. The Bertz CT molecular complexity index is 865. The van der Waals surface area contributed by atoms with Gasteiger partial charge in [0.25, 0.3) is 5.91 Å². The van der Waals surface area contributed by atoms with Gasteiger partial charge in [0.05, 0.1) is 23.4 Å². The molecule has 2 N–H and O–H groups in total. The smallest absolute Gasteiger partial charge is 0.255 e. The Kier molecular flexibility index (Phi) is 6.35. The first-order valence-corrected chi connectivity index (χ1v) is 12.6. The molecule has 0 aromatic heterocycles. The lowest BCUT2D eigenvalue weighted by molar-refractivity contribution is -0.117. The maximum absolute atomic E-state index is 13.1. The summed E-state index contributed by atoms with van der Waals surface area (Å²) >= 11 is 6.41. The maximum Gasteiger partial charge on any atom is 0.255 e. The molecule has 1 aliphatic heterocycles. The summed E-state index contributed by atoms with van der Waals surface area (Å²) in [4.78, 5) is 27.9. The molecule has 0 spiro atoms. The lowest BCUT2D eigenvalue weighted by Gasteiger charge is -2.47. The third-order valence-electron chi connectivity index (χ3n) is 7.98. The number of benzene rings is 1. The zero-order valence-corrected chi connectivity index (χ0v) is 19.6. The van der Waals surface area contributed by atoms with E-state index in [0.717, 1.165) is 44.2 Å². The molecule has 6 nitrogen and oxygen atoms in total. The number of hydrogen-bond donors (Lipinski definition) is 2. The van der Waals surface area contributed by atoms with Crippen molar-refractivity contribution in [2.45, 2.75) is 69.9 Å². The van der Waals surface area contributed by atoms with Gasteiger partial charge in [0, 0.05) is 37.2 Å². The average molecular weight is 460 g/mol. The SMILES string of the molecule is COc1cc(NC(=O)C2CC2)c(Cl)cc1C(=O)N[C@H]1CCN(C2C3CCCC2CCC3)C1. The monoisotopic (exact) mass is 459 g/mol. The molecule has 3 saturated carbocycles. The summed E-state index contributed by atoms with van der Waals surface area (Å²) in [6.45, 7) is 1.99. The first-order chi connectivity index (χ1) is 15.5. The van der Waals surface area contributed by atoms with Gasteiger partial charge < -0.3 is 15.4 Å². The van der Waals surface area contributed by atoms with Crippen LogP contribution in [0.15, 0.2) is 12.1 Å². The minimum atomic E-state index is -0.167. The summed E-state index contributed by atoms with van der Waals surface area (Å²) in [5, 5.41) is 6.43. The molecule has 2 amide bonds. The van der Waals surface area contributed by atoms with Crippen LogP contribution in [0.3, 0.4) is 0 Å². The van der Waals surface area contributed by atoms with E-state index in [9.17, 15) is 9.59 Å². The van der Waals surface area contributed by atoms with E-state index in [2.05, 4.69) is 15.5 Å². The minimum absolute atomic E-state index is 0.0234. The Morgan fingerprint density at radius 3 is 2.34 bits per heavy atom. The van der Waals surface area contributed by atoms with Crippen molar-refractivity contribution in [3.63, 3.8) is 0 Å². The van der Waals surface area contributed by atoms with Gasteiger partial charge in [0.15, 0.2) is 0 Å². The standard InChI is InChI=1S/C25H34ClN3O3/c1-32-22-13-21(28-24(30)17-8-9-17)20(26)12-19(22)25(31)27-18-10-11-29(14-18)23-15-4-2-5-16(23)7-3-6-15/h12-13,15-18,23H,2-11,14H2,1H3,(H,27,31)(H,28,30)/t15?,16?,18-,23?/m0/s1. The molecule has 174 valence electrons. The topological polar surface area (TPSA) is 70.7 Å². The zero-order valence-electron chi connectivity index (χ0n) is 18.9. The summed E-state index contributed by atoms with van der Waals surface area (Å²) in [5.74, 6) is 2.00. The first kappa shape index (κ1) is 22.0. The van der Waals surface area contributed by atoms with Crippen molar-refractivity contribution in [3.8, 4) is 5.75 Å². The van der Waals surface area contributed by atoms with Gasteiger partial charge in [-0.2, -0.15) is 0 Å². The highest BCUT2D eigenvalue weighted by molar-refractivity contribution is 6.34. The molecule has 4 fully saturated rings. The molecule has 1 aromatic carbocycles. The molecule has 1 heterocycles. The highest BCUT2D eigenvalue weighted by atomic mass is 35.5. The number of likely N-dealkylation sites (tertiary alicyclic amines) is 1. The Morgan fingerprint density at radius 2 is 1.72 bits per heavy atom. The van der Waals surface area contributed by atoms with Crippen LogP contribution in [0, 0.1) is 17.8 Å². The molecule has 0 radical (unpaired) electrons. The molecule has 1 saturated heterocycles. The quantitative estimate of drug-likeness (QED) is 0.658. The molecular weight excluding hydrogens is 426 g/mol. The number of rotatable bonds is 6. The molecule has 1 aromatic rings. The van der Waals surface area contributed by atoms with Crippen molar-refractivity contribution in [2.24, 2.45) is 17.8 Å². The second-order valence-corrected chi connectivity index (χ2v) is 10.5. The van der Waals surface area contributed by atoms with Gasteiger partial charge in [0.2, 0.25) is 5.91 Å². The molecule has 3 aliphatic carbocycles. The summed E-state index contributed by atoms with van der Waals surface area (Å²) < 4.78 is 5.47. The fourth-order valence-electron chi connectivity index (χ4n) is 6.25. The van der Waals surface area contributed by atoms with Crippen LogP contribution in [0.1, 0.15) is 68.1 Å². The number of halogens is 1. The van der Waals surface area contributed by atoms with Gasteiger partial charge in [-0.1, -0.05) is 24.4 Å². The Morgan fingerprint density at radius 1 is 1.03 bits per heavy atom. The Hall–Kier alpha value is -1.79. The van der Waals surface area contributed by atoms with E-state index >= 15 is 0 Å². The zero-order chi connectivity index (χ0) is 22.2. The Balaban J connectivity index is 1.24. The van der Waals surface area contributed by atoms with E-state index in [1.807, 2.05) is 0 Å². The van der Waals surface area contributed by atoms with Crippen LogP contribution < -0.4 is 15.4 Å². The van der Waals surface area contributed by atoms with Crippen LogP contribution in [-0.4, -0.2) is 49.0 Å². The third kappa shape index (κ3) is 4.49. The minimum Gasteiger partial charge on any atom is -0.496 e. The molecule has 7 heteroatoms. The summed E-state index contributed by atoms with van der Waals surface area (Å²) in [6.07, 6.45) is 11.1. The molecule has 1 atom stereocenters. The number of hydrogen-bond acceptors (Lipinski definition) is 4. The van der Waals surface area contributed by atoms with Crippen LogP contribution >= 0.6 is 11.6 Å². The second-order valence-electron chi connectivity index (χ2n) is 10.1. The normalized spacial score (nSPS) is 30.1. The third-order valence-corrected chi connectivity index (χ3v) is 8.29. The largest absolute Gasteiger partial charge is 0.496 e. The molecule has 5 rings (SSSR count). The van der Waals surface area contributed by atoms with Gasteiger partial charge in [-0.05, 0) is 62.8 Å². The van der Waals surface area contributed by atoms with E-state index in [1.54, 1.807) is 12.1 Å². The lowest BCUT2D eigenvalue weighted by Crippen LogP contribution is -2.50. The predicted molar refractivity (Wildman–Crippen MR) is 125 cm³/mol. The summed E-state index contributed by atoms with van der Waals surface area (Å²) in [5.41, 5.74) is 0.905. The molecule has 4 aliphatic rings.